The van der Waals surface area contributed by atoms with E-state index in [1.807, 2.05) is 33.8 Å². The maximum atomic E-state index is 14.0. The Kier molecular flexibility index (Phi) is 4.09. The van der Waals surface area contributed by atoms with E-state index in [-0.39, 0.29) is 11.8 Å². The van der Waals surface area contributed by atoms with Crippen LogP contribution < -0.4 is 10.5 Å². The molecule has 0 heterocycles. The summed E-state index contributed by atoms with van der Waals surface area (Å²) in [6.07, 6.45) is 0. The van der Waals surface area contributed by atoms with Crippen LogP contribution in [-0.4, -0.2) is 0 Å². The lowest BCUT2D eigenvalue weighted by Crippen LogP contribution is -2.08. The first-order valence-electron chi connectivity index (χ1n) is 6.70. The van der Waals surface area contributed by atoms with E-state index in [2.05, 4.69) is 6.07 Å². The summed E-state index contributed by atoms with van der Waals surface area (Å²) in [6.45, 7) is 7.79. The van der Waals surface area contributed by atoms with Gasteiger partial charge in [0.2, 0.25) is 0 Å². The van der Waals surface area contributed by atoms with Gasteiger partial charge >= 0.3 is 0 Å². The zero-order valence-corrected chi connectivity index (χ0v) is 12.3. The molecule has 0 radical (unpaired) electrons. The van der Waals surface area contributed by atoms with Crippen LogP contribution in [0.5, 0.6) is 11.5 Å². The molecule has 0 fully saturated rings. The first-order chi connectivity index (χ1) is 9.40. The fraction of sp³-hybridized carbons (Fsp3) is 0.294. The third kappa shape index (κ3) is 2.83. The van der Waals surface area contributed by atoms with Gasteiger partial charge in [-0.1, -0.05) is 18.2 Å². The van der Waals surface area contributed by atoms with E-state index in [9.17, 15) is 4.39 Å². The molecule has 0 aliphatic heterocycles. The molecular formula is C17H20FNO. The second kappa shape index (κ2) is 5.63. The smallest absolute Gasteiger partial charge is 0.167 e. The molecule has 0 aliphatic rings. The summed E-state index contributed by atoms with van der Waals surface area (Å²) >= 11 is 0. The summed E-state index contributed by atoms with van der Waals surface area (Å²) in [7, 11) is 0. The average Bonchev–Trinajstić information content (AvgIpc) is 2.37. The van der Waals surface area contributed by atoms with Gasteiger partial charge < -0.3 is 10.5 Å². The summed E-state index contributed by atoms with van der Waals surface area (Å²) in [5.41, 5.74) is 9.78. The molecule has 2 N–H and O–H groups in total. The van der Waals surface area contributed by atoms with Gasteiger partial charge in [-0.15, -0.1) is 0 Å². The molecule has 2 rings (SSSR count). The number of ether oxygens (including phenoxy) is 1. The van der Waals surface area contributed by atoms with Crippen molar-refractivity contribution in [2.45, 2.75) is 33.7 Å². The fourth-order valence-electron chi connectivity index (χ4n) is 2.21. The third-order valence-corrected chi connectivity index (χ3v) is 3.46. The Balaban J connectivity index is 2.50. The zero-order valence-electron chi connectivity index (χ0n) is 12.3. The maximum Gasteiger partial charge on any atom is 0.167 e. The lowest BCUT2D eigenvalue weighted by molar-refractivity contribution is 0.429. The second-order valence-corrected chi connectivity index (χ2v) is 5.25. The quantitative estimate of drug-likeness (QED) is 0.889. The monoisotopic (exact) mass is 273 g/mol. The van der Waals surface area contributed by atoms with Crippen LogP contribution in [0.1, 0.15) is 35.2 Å². The molecule has 0 bridgehead atoms. The van der Waals surface area contributed by atoms with Gasteiger partial charge in [0.15, 0.2) is 11.6 Å². The van der Waals surface area contributed by atoms with Crippen LogP contribution in [0, 0.1) is 26.6 Å². The number of halogens is 1. The van der Waals surface area contributed by atoms with Crippen LogP contribution in [-0.2, 0) is 0 Å². The minimum absolute atomic E-state index is 0.218. The Morgan fingerprint density at radius 1 is 1.15 bits per heavy atom. The standard InChI is InChI=1S/C17H20FNO/c1-10-8-11(2)12(3)16(9-10)20-17-14(13(4)19)6-5-7-15(17)18/h5-9,13H,19H2,1-4H3. The van der Waals surface area contributed by atoms with Gasteiger partial charge in [0.1, 0.15) is 5.75 Å². The lowest BCUT2D eigenvalue weighted by atomic mass is 10.0. The Hall–Kier alpha value is -1.87. The van der Waals surface area contributed by atoms with Crippen molar-refractivity contribution in [2.24, 2.45) is 5.73 Å². The van der Waals surface area contributed by atoms with E-state index in [1.165, 1.54) is 6.07 Å². The summed E-state index contributed by atoms with van der Waals surface area (Å²) in [5, 5.41) is 0. The van der Waals surface area contributed by atoms with Crippen LogP contribution in [0.4, 0.5) is 4.39 Å². The van der Waals surface area contributed by atoms with Crippen molar-refractivity contribution in [3.05, 3.63) is 58.4 Å². The number of benzene rings is 2. The van der Waals surface area contributed by atoms with E-state index in [0.29, 0.717) is 11.3 Å². The Bertz CT molecular complexity index is 635. The number of nitrogens with two attached hydrogens (primary N) is 1. The molecule has 0 amide bonds. The van der Waals surface area contributed by atoms with Gasteiger partial charge in [0.05, 0.1) is 0 Å². The van der Waals surface area contributed by atoms with Gasteiger partial charge in [-0.25, -0.2) is 4.39 Å². The minimum Gasteiger partial charge on any atom is -0.454 e. The second-order valence-electron chi connectivity index (χ2n) is 5.25. The topological polar surface area (TPSA) is 35.2 Å². The molecule has 2 nitrogen and oxygen atoms in total. The van der Waals surface area contributed by atoms with Crippen LogP contribution in [0.3, 0.4) is 0 Å². The number of rotatable bonds is 3. The minimum atomic E-state index is -0.390. The molecule has 0 spiro atoms. The number of para-hydroxylation sites is 1. The number of hydrogen-bond donors (Lipinski definition) is 1. The van der Waals surface area contributed by atoms with E-state index in [1.54, 1.807) is 12.1 Å². The first kappa shape index (κ1) is 14.5. The van der Waals surface area contributed by atoms with Gasteiger partial charge in [0, 0.05) is 11.6 Å². The SMILES string of the molecule is Cc1cc(C)c(C)c(Oc2c(F)cccc2C(C)N)c1. The maximum absolute atomic E-state index is 14.0. The first-order valence-corrected chi connectivity index (χ1v) is 6.70. The van der Waals surface area contributed by atoms with E-state index in [4.69, 9.17) is 10.5 Å². The summed E-state index contributed by atoms with van der Waals surface area (Å²) < 4.78 is 19.9. The normalized spacial score (nSPS) is 12.3. The van der Waals surface area contributed by atoms with Crippen molar-refractivity contribution in [1.82, 2.24) is 0 Å². The van der Waals surface area contributed by atoms with Gasteiger partial charge in [-0.05, 0) is 56.5 Å². The van der Waals surface area contributed by atoms with Crippen LogP contribution in [0.2, 0.25) is 0 Å². The van der Waals surface area contributed by atoms with E-state index in [0.717, 1.165) is 16.7 Å². The van der Waals surface area contributed by atoms with E-state index < -0.39 is 5.82 Å². The van der Waals surface area contributed by atoms with Crippen molar-refractivity contribution in [1.29, 1.82) is 0 Å². The molecule has 20 heavy (non-hydrogen) atoms. The van der Waals surface area contributed by atoms with Gasteiger partial charge in [-0.2, -0.15) is 0 Å². The zero-order chi connectivity index (χ0) is 14.9. The highest BCUT2D eigenvalue weighted by Gasteiger charge is 2.15. The average molecular weight is 273 g/mol. The highest BCUT2D eigenvalue weighted by molar-refractivity contribution is 5.47. The molecule has 0 saturated heterocycles. The molecule has 1 unspecified atom stereocenters. The molecular weight excluding hydrogens is 253 g/mol. The summed E-state index contributed by atoms with van der Waals surface area (Å²) in [4.78, 5) is 0. The third-order valence-electron chi connectivity index (χ3n) is 3.46. The van der Waals surface area contributed by atoms with Crippen molar-refractivity contribution in [3.8, 4) is 11.5 Å². The summed E-state index contributed by atoms with van der Waals surface area (Å²) in [6, 6.07) is 8.54. The van der Waals surface area contributed by atoms with Gasteiger partial charge in [0.25, 0.3) is 0 Å². The van der Waals surface area contributed by atoms with Crippen molar-refractivity contribution >= 4 is 0 Å². The molecule has 106 valence electrons. The molecule has 0 aliphatic carbocycles. The Morgan fingerprint density at radius 2 is 1.85 bits per heavy atom. The molecule has 2 aromatic carbocycles. The summed E-state index contributed by atoms with van der Waals surface area (Å²) in [5.74, 6) is 0.503. The lowest BCUT2D eigenvalue weighted by Gasteiger charge is -2.17. The Labute approximate surface area is 119 Å². The predicted octanol–water partition coefficient (Wildman–Crippen LogP) is 4.56. The van der Waals surface area contributed by atoms with Crippen molar-refractivity contribution in [2.75, 3.05) is 0 Å². The number of hydrogen-bond acceptors (Lipinski definition) is 2. The fourth-order valence-corrected chi connectivity index (χ4v) is 2.21. The molecule has 3 heteroatoms. The van der Waals surface area contributed by atoms with Gasteiger partial charge in [-0.3, -0.25) is 0 Å². The Morgan fingerprint density at radius 3 is 2.50 bits per heavy atom. The molecule has 0 aromatic heterocycles. The highest BCUT2D eigenvalue weighted by Crippen LogP contribution is 2.34. The highest BCUT2D eigenvalue weighted by atomic mass is 19.1. The van der Waals surface area contributed by atoms with Crippen LogP contribution in [0.15, 0.2) is 30.3 Å². The largest absolute Gasteiger partial charge is 0.454 e. The van der Waals surface area contributed by atoms with Crippen molar-refractivity contribution in [3.63, 3.8) is 0 Å². The van der Waals surface area contributed by atoms with Crippen LogP contribution in [0.25, 0.3) is 0 Å². The number of aryl methyl sites for hydroxylation is 2. The molecule has 2 aromatic rings. The predicted molar refractivity (Wildman–Crippen MR) is 79.7 cm³/mol. The van der Waals surface area contributed by atoms with Crippen LogP contribution >= 0.6 is 0 Å². The molecule has 0 saturated carbocycles. The van der Waals surface area contributed by atoms with Crippen molar-refractivity contribution < 1.29 is 9.13 Å². The molecule has 1 atom stereocenters. The van der Waals surface area contributed by atoms with E-state index >= 15 is 0 Å².